The fraction of sp³-hybridized carbons (Fsp3) is 0.222. The summed E-state index contributed by atoms with van der Waals surface area (Å²) >= 11 is 6.14. The highest BCUT2D eigenvalue weighted by atomic mass is 35.5. The molecule has 5 rings (SSSR count). The lowest BCUT2D eigenvalue weighted by Crippen LogP contribution is -2.45. The average Bonchev–Trinajstić information content (AvgIpc) is 3.64. The lowest BCUT2D eigenvalue weighted by atomic mass is 9.98. The highest BCUT2D eigenvalue weighted by Gasteiger charge is 2.38. The highest BCUT2D eigenvalue weighted by molar-refractivity contribution is 6.34. The molecule has 0 radical (unpaired) electrons. The second-order valence-corrected chi connectivity index (χ2v) is 9.18. The van der Waals surface area contributed by atoms with Gasteiger partial charge in [0, 0.05) is 5.92 Å². The monoisotopic (exact) mass is 490 g/mol. The van der Waals surface area contributed by atoms with E-state index in [4.69, 9.17) is 21.4 Å². The number of carboxylic acids is 1. The van der Waals surface area contributed by atoms with E-state index in [0.29, 0.717) is 0 Å². The van der Waals surface area contributed by atoms with Crippen LogP contribution in [0.25, 0.3) is 11.1 Å². The molecule has 1 atom stereocenters. The number of halogens is 1. The first-order valence-corrected chi connectivity index (χ1v) is 11.8. The van der Waals surface area contributed by atoms with Crippen LogP contribution in [0.15, 0.2) is 66.7 Å². The van der Waals surface area contributed by atoms with Crippen LogP contribution in [0.5, 0.6) is 0 Å². The number of carboxylic acid groups (broad SMARTS) is 1. The molecule has 1 fully saturated rings. The van der Waals surface area contributed by atoms with Gasteiger partial charge in [-0.3, -0.25) is 4.79 Å². The summed E-state index contributed by atoms with van der Waals surface area (Å²) in [7, 11) is 0. The van der Waals surface area contributed by atoms with Gasteiger partial charge in [0.25, 0.3) is 0 Å². The molecule has 8 heteroatoms. The van der Waals surface area contributed by atoms with Gasteiger partial charge in [-0.1, -0.05) is 60.1 Å². The van der Waals surface area contributed by atoms with Crippen molar-refractivity contribution in [3.63, 3.8) is 0 Å². The molecule has 3 aromatic carbocycles. The highest BCUT2D eigenvalue weighted by Crippen LogP contribution is 2.44. The summed E-state index contributed by atoms with van der Waals surface area (Å²) in [5.41, 5.74) is 4.79. The molecule has 2 aliphatic carbocycles. The molecule has 0 aromatic heterocycles. The van der Waals surface area contributed by atoms with Gasteiger partial charge < -0.3 is 20.5 Å². The number of hydrogen-bond acceptors (Lipinski definition) is 4. The van der Waals surface area contributed by atoms with Gasteiger partial charge in [-0.2, -0.15) is 0 Å². The van der Waals surface area contributed by atoms with Crippen LogP contribution < -0.4 is 10.6 Å². The van der Waals surface area contributed by atoms with Crippen molar-refractivity contribution in [2.45, 2.75) is 24.8 Å². The molecule has 3 N–H and O–H groups in total. The van der Waals surface area contributed by atoms with E-state index in [-0.39, 0.29) is 34.7 Å². The Morgan fingerprint density at radius 3 is 2.17 bits per heavy atom. The molecule has 178 valence electrons. The number of anilines is 1. The number of hydrogen-bond donors (Lipinski definition) is 3. The number of nitrogens with one attached hydrogen (secondary N) is 2. The van der Waals surface area contributed by atoms with E-state index in [1.807, 2.05) is 36.4 Å². The molecule has 3 aromatic rings. The van der Waals surface area contributed by atoms with E-state index in [1.165, 1.54) is 18.2 Å². The number of carbonyl (C=O) groups excluding carboxylic acids is 2. The molecule has 35 heavy (non-hydrogen) atoms. The Hall–Kier alpha value is -3.84. The summed E-state index contributed by atoms with van der Waals surface area (Å²) in [5, 5.41) is 14.6. The maximum atomic E-state index is 12.9. The third-order valence-electron chi connectivity index (χ3n) is 6.47. The van der Waals surface area contributed by atoms with Crippen molar-refractivity contribution in [2.75, 3.05) is 11.9 Å². The first-order chi connectivity index (χ1) is 16.9. The third kappa shape index (κ3) is 4.72. The predicted octanol–water partition coefficient (Wildman–Crippen LogP) is 5.29. The van der Waals surface area contributed by atoms with Crippen LogP contribution >= 0.6 is 11.6 Å². The number of alkyl carbamates (subject to hydrolysis) is 1. The van der Waals surface area contributed by atoms with Crippen molar-refractivity contribution in [2.24, 2.45) is 5.92 Å². The number of carbonyl (C=O) groups is 3. The Labute approximate surface area is 207 Å². The van der Waals surface area contributed by atoms with E-state index in [0.717, 1.165) is 35.1 Å². The zero-order valence-electron chi connectivity index (χ0n) is 18.7. The second-order valence-electron chi connectivity index (χ2n) is 8.77. The molecular formula is C27H23ClN2O5. The van der Waals surface area contributed by atoms with Gasteiger partial charge in [0.05, 0.1) is 16.3 Å². The smallest absolute Gasteiger partial charge is 0.407 e. The van der Waals surface area contributed by atoms with Crippen LogP contribution in [0.2, 0.25) is 5.02 Å². The number of aromatic carboxylic acids is 1. The molecule has 0 bridgehead atoms. The van der Waals surface area contributed by atoms with Gasteiger partial charge in [0.15, 0.2) is 0 Å². The summed E-state index contributed by atoms with van der Waals surface area (Å²) in [6.07, 6.45) is 0.965. The largest absolute Gasteiger partial charge is 0.478 e. The molecule has 1 unspecified atom stereocenters. The molecule has 0 saturated heterocycles. The maximum absolute atomic E-state index is 12.9. The fourth-order valence-electron chi connectivity index (χ4n) is 4.55. The number of rotatable bonds is 7. The van der Waals surface area contributed by atoms with Gasteiger partial charge in [-0.05, 0) is 59.2 Å². The van der Waals surface area contributed by atoms with Crippen LogP contribution in [0.3, 0.4) is 0 Å². The van der Waals surface area contributed by atoms with Crippen molar-refractivity contribution < 1.29 is 24.2 Å². The first-order valence-electron chi connectivity index (χ1n) is 11.4. The quantitative estimate of drug-likeness (QED) is 0.417. The van der Waals surface area contributed by atoms with E-state index in [9.17, 15) is 14.4 Å². The van der Waals surface area contributed by atoms with E-state index < -0.39 is 24.0 Å². The molecule has 2 amide bonds. The molecule has 2 aliphatic rings. The summed E-state index contributed by atoms with van der Waals surface area (Å²) < 4.78 is 5.59. The predicted molar refractivity (Wildman–Crippen MR) is 132 cm³/mol. The summed E-state index contributed by atoms with van der Waals surface area (Å²) in [6, 6.07) is 19.4. The Morgan fingerprint density at radius 2 is 1.60 bits per heavy atom. The van der Waals surface area contributed by atoms with E-state index in [1.54, 1.807) is 0 Å². The second kappa shape index (κ2) is 9.43. The molecule has 0 spiro atoms. The van der Waals surface area contributed by atoms with Crippen LogP contribution in [0.1, 0.15) is 40.2 Å². The van der Waals surface area contributed by atoms with Crippen molar-refractivity contribution in [1.29, 1.82) is 0 Å². The Bertz CT molecular complexity index is 1270. The number of benzene rings is 3. The van der Waals surface area contributed by atoms with Crippen LogP contribution in [0.4, 0.5) is 10.5 Å². The minimum Gasteiger partial charge on any atom is -0.478 e. The van der Waals surface area contributed by atoms with Gasteiger partial charge in [0.2, 0.25) is 5.91 Å². The Balaban J connectivity index is 1.24. The molecule has 1 saturated carbocycles. The van der Waals surface area contributed by atoms with Gasteiger partial charge >= 0.3 is 12.1 Å². The number of amides is 2. The van der Waals surface area contributed by atoms with Crippen LogP contribution in [-0.4, -0.2) is 35.7 Å². The number of ether oxygens (including phenoxy) is 1. The lowest BCUT2D eigenvalue weighted by Gasteiger charge is -2.20. The van der Waals surface area contributed by atoms with Crippen molar-refractivity contribution in [3.8, 4) is 11.1 Å². The summed E-state index contributed by atoms with van der Waals surface area (Å²) in [6.45, 7) is 0.154. The van der Waals surface area contributed by atoms with E-state index >= 15 is 0 Å². The summed E-state index contributed by atoms with van der Waals surface area (Å²) in [4.78, 5) is 36.7. The van der Waals surface area contributed by atoms with Gasteiger partial charge in [-0.15, -0.1) is 0 Å². The minimum absolute atomic E-state index is 0.00699. The molecule has 0 heterocycles. The first kappa shape index (κ1) is 22.9. The van der Waals surface area contributed by atoms with Crippen molar-refractivity contribution in [1.82, 2.24) is 5.32 Å². The van der Waals surface area contributed by atoms with E-state index in [2.05, 4.69) is 22.8 Å². The van der Waals surface area contributed by atoms with Crippen molar-refractivity contribution in [3.05, 3.63) is 88.4 Å². The molecule has 0 aliphatic heterocycles. The third-order valence-corrected chi connectivity index (χ3v) is 6.78. The Morgan fingerprint density at radius 1 is 0.971 bits per heavy atom. The zero-order valence-corrected chi connectivity index (χ0v) is 19.4. The fourth-order valence-corrected chi connectivity index (χ4v) is 4.78. The molecular weight excluding hydrogens is 468 g/mol. The number of fused-ring (bicyclic) bond motifs is 3. The maximum Gasteiger partial charge on any atom is 0.407 e. The zero-order chi connectivity index (χ0) is 24.5. The molecule has 7 nitrogen and oxygen atoms in total. The Kier molecular flexibility index (Phi) is 6.17. The lowest BCUT2D eigenvalue weighted by molar-refractivity contribution is -0.118. The topological polar surface area (TPSA) is 105 Å². The van der Waals surface area contributed by atoms with Crippen molar-refractivity contribution >= 4 is 35.3 Å². The van der Waals surface area contributed by atoms with Crippen LogP contribution in [-0.2, 0) is 9.53 Å². The minimum atomic E-state index is -1.11. The van der Waals surface area contributed by atoms with Gasteiger partial charge in [-0.25, -0.2) is 9.59 Å². The van der Waals surface area contributed by atoms with Crippen LogP contribution in [0, 0.1) is 5.92 Å². The SMILES string of the molecule is O=C(NC(C(=O)Nc1ccc(C(=O)O)cc1Cl)C1CC1)OCC1c2ccccc2-c2ccccc21. The standard InChI is InChI=1S/C27H23ClN2O5/c28-22-13-16(26(32)33)11-12-23(22)29-25(31)24(15-9-10-15)30-27(34)35-14-21-19-7-3-1-5-17(19)18-6-2-4-8-20(18)21/h1-8,11-13,15,21,24H,9-10,14H2,(H,29,31)(H,30,34)(H,32,33). The summed E-state index contributed by atoms with van der Waals surface area (Å²) in [5.74, 6) is -1.61. The average molecular weight is 491 g/mol. The normalized spacial score (nSPS) is 15.0. The van der Waals surface area contributed by atoms with Gasteiger partial charge in [0.1, 0.15) is 12.6 Å².